The Labute approximate surface area is 194 Å². The van der Waals surface area contributed by atoms with E-state index in [2.05, 4.69) is 10.1 Å². The lowest BCUT2D eigenvalue weighted by atomic mass is 9.98. The molecule has 1 saturated carbocycles. The van der Waals surface area contributed by atoms with Crippen LogP contribution in [0, 0.1) is 11.8 Å². The Morgan fingerprint density at radius 3 is 2.21 bits per heavy atom. The number of rotatable bonds is 9. The van der Waals surface area contributed by atoms with E-state index in [0.717, 1.165) is 22.3 Å². The Hall–Kier alpha value is -3.53. The smallest absolute Gasteiger partial charge is 0.407 e. The topological polar surface area (TPSA) is 114 Å². The van der Waals surface area contributed by atoms with Crippen LogP contribution < -0.4 is 10.6 Å². The number of carbonyl (C=O) groups excluding carboxylic acids is 2. The number of amides is 2. The number of methoxy groups -OCH3 is 1. The van der Waals surface area contributed by atoms with E-state index in [9.17, 15) is 23.2 Å². The van der Waals surface area contributed by atoms with Gasteiger partial charge in [0, 0.05) is 19.6 Å². The molecule has 2 unspecified atom stereocenters. The maximum absolute atomic E-state index is 14.1. The quantitative estimate of drug-likeness (QED) is 0.515. The molecule has 2 aliphatic rings. The summed E-state index contributed by atoms with van der Waals surface area (Å²) in [5, 5.41) is 13.4. The highest BCUT2D eigenvalue weighted by Crippen LogP contribution is 2.55. The predicted octanol–water partition coefficient (Wildman–Crippen LogP) is 2.62. The SMILES string of the molecule is COC[C@H](NC(=O)C1C(CNC(=O)OCC2c3ccccc3-c3ccccc32)C1(F)F)C(=O)O. The van der Waals surface area contributed by atoms with Crippen LogP contribution in [0.3, 0.4) is 0 Å². The summed E-state index contributed by atoms with van der Waals surface area (Å²) in [5.74, 6) is -9.23. The molecule has 0 spiro atoms. The maximum Gasteiger partial charge on any atom is 0.407 e. The molecule has 2 amide bonds. The van der Waals surface area contributed by atoms with Crippen LogP contribution in [-0.4, -0.2) is 61.9 Å². The zero-order valence-corrected chi connectivity index (χ0v) is 18.3. The second-order valence-corrected chi connectivity index (χ2v) is 8.32. The van der Waals surface area contributed by atoms with Crippen molar-refractivity contribution < 1.29 is 37.7 Å². The third kappa shape index (κ3) is 4.45. The van der Waals surface area contributed by atoms with Crippen molar-refractivity contribution in [2.24, 2.45) is 11.8 Å². The Kier molecular flexibility index (Phi) is 6.52. The average molecular weight is 474 g/mol. The van der Waals surface area contributed by atoms with Gasteiger partial charge in [0.25, 0.3) is 5.92 Å². The summed E-state index contributed by atoms with van der Waals surface area (Å²) in [6.07, 6.45) is -0.869. The molecule has 0 heterocycles. The molecule has 2 aliphatic carbocycles. The molecule has 1 fully saturated rings. The lowest BCUT2D eigenvalue weighted by molar-refractivity contribution is -0.143. The number of fused-ring (bicyclic) bond motifs is 3. The molecule has 0 saturated heterocycles. The zero-order chi connectivity index (χ0) is 24.5. The standard InChI is InChI=1S/C24H24F2N2O6/c1-33-12-19(22(30)31)28-21(29)20-18(24(20,25)26)10-27-23(32)34-11-17-15-8-4-2-6-13(15)14-7-3-5-9-16(14)17/h2-9,17-20H,10-12H2,1H3,(H,27,32)(H,28,29)(H,30,31)/t18?,19-,20?/m0/s1. The minimum Gasteiger partial charge on any atom is -0.480 e. The number of aliphatic carboxylic acids is 1. The fraction of sp³-hybridized carbons (Fsp3) is 0.375. The third-order valence-electron chi connectivity index (χ3n) is 6.24. The van der Waals surface area contributed by atoms with Crippen molar-refractivity contribution in [3.63, 3.8) is 0 Å². The molecule has 34 heavy (non-hydrogen) atoms. The lowest BCUT2D eigenvalue weighted by Crippen LogP contribution is -2.45. The molecular formula is C24H24F2N2O6. The summed E-state index contributed by atoms with van der Waals surface area (Å²) in [6.45, 7) is -0.812. The van der Waals surface area contributed by atoms with Crippen LogP contribution in [-0.2, 0) is 19.1 Å². The number of hydrogen-bond donors (Lipinski definition) is 3. The van der Waals surface area contributed by atoms with Crippen LogP contribution >= 0.6 is 0 Å². The number of alkyl carbamates (subject to hydrolysis) is 1. The molecule has 10 heteroatoms. The van der Waals surface area contributed by atoms with Gasteiger partial charge in [-0.15, -0.1) is 0 Å². The molecule has 180 valence electrons. The van der Waals surface area contributed by atoms with E-state index in [1.807, 2.05) is 53.8 Å². The largest absolute Gasteiger partial charge is 0.480 e. The summed E-state index contributed by atoms with van der Waals surface area (Å²) >= 11 is 0. The van der Waals surface area contributed by atoms with Crippen molar-refractivity contribution >= 4 is 18.0 Å². The van der Waals surface area contributed by atoms with Gasteiger partial charge in [-0.25, -0.2) is 18.4 Å². The van der Waals surface area contributed by atoms with Gasteiger partial charge < -0.3 is 25.2 Å². The van der Waals surface area contributed by atoms with Gasteiger partial charge in [0.1, 0.15) is 12.5 Å². The normalized spacial score (nSPS) is 20.6. The second-order valence-electron chi connectivity index (χ2n) is 8.32. The predicted molar refractivity (Wildman–Crippen MR) is 116 cm³/mol. The van der Waals surface area contributed by atoms with Crippen LogP contribution in [0.25, 0.3) is 11.1 Å². The molecular weight excluding hydrogens is 450 g/mol. The number of halogens is 2. The summed E-state index contributed by atoms with van der Waals surface area (Å²) in [7, 11) is 1.23. The number of alkyl halides is 2. The Balaban J connectivity index is 1.31. The van der Waals surface area contributed by atoms with E-state index in [4.69, 9.17) is 9.84 Å². The lowest BCUT2D eigenvalue weighted by Gasteiger charge is -2.14. The molecule has 8 nitrogen and oxygen atoms in total. The molecule has 4 rings (SSSR count). The monoisotopic (exact) mass is 474 g/mol. The van der Waals surface area contributed by atoms with E-state index in [0.29, 0.717) is 0 Å². The van der Waals surface area contributed by atoms with Gasteiger partial charge in [-0.3, -0.25) is 4.79 Å². The van der Waals surface area contributed by atoms with Crippen molar-refractivity contribution in [3.8, 4) is 11.1 Å². The van der Waals surface area contributed by atoms with E-state index < -0.39 is 48.3 Å². The minimum atomic E-state index is -3.36. The zero-order valence-electron chi connectivity index (χ0n) is 18.3. The minimum absolute atomic E-state index is 0.0299. The summed E-state index contributed by atoms with van der Waals surface area (Å²) in [4.78, 5) is 35.5. The fourth-order valence-corrected chi connectivity index (χ4v) is 4.45. The van der Waals surface area contributed by atoms with Gasteiger partial charge in [0.05, 0.1) is 12.5 Å². The number of hydrogen-bond acceptors (Lipinski definition) is 5. The van der Waals surface area contributed by atoms with Crippen LogP contribution in [0.15, 0.2) is 48.5 Å². The van der Waals surface area contributed by atoms with Crippen LogP contribution in [0.1, 0.15) is 17.0 Å². The fourth-order valence-electron chi connectivity index (χ4n) is 4.45. The highest BCUT2D eigenvalue weighted by molar-refractivity contribution is 5.88. The Morgan fingerprint density at radius 1 is 1.06 bits per heavy atom. The van der Waals surface area contributed by atoms with Crippen molar-refractivity contribution in [1.82, 2.24) is 10.6 Å². The highest BCUT2D eigenvalue weighted by Gasteiger charge is 2.71. The van der Waals surface area contributed by atoms with Gasteiger partial charge in [-0.2, -0.15) is 0 Å². The van der Waals surface area contributed by atoms with Crippen molar-refractivity contribution in [3.05, 3.63) is 59.7 Å². The molecule has 3 atom stereocenters. The maximum atomic E-state index is 14.1. The molecule has 0 aliphatic heterocycles. The van der Waals surface area contributed by atoms with Crippen LogP contribution in [0.2, 0.25) is 0 Å². The van der Waals surface area contributed by atoms with Gasteiger partial charge in [-0.1, -0.05) is 48.5 Å². The summed E-state index contributed by atoms with van der Waals surface area (Å²) in [6, 6.07) is 14.1. The van der Waals surface area contributed by atoms with Gasteiger partial charge in [0.2, 0.25) is 5.91 Å². The molecule has 3 N–H and O–H groups in total. The number of ether oxygens (including phenoxy) is 2. The first-order chi connectivity index (χ1) is 16.3. The van der Waals surface area contributed by atoms with E-state index in [1.165, 1.54) is 7.11 Å². The first kappa shape index (κ1) is 23.6. The van der Waals surface area contributed by atoms with Gasteiger partial charge in [-0.05, 0) is 22.3 Å². The molecule has 0 radical (unpaired) electrons. The van der Waals surface area contributed by atoms with E-state index in [-0.39, 0.29) is 19.1 Å². The Morgan fingerprint density at radius 2 is 1.65 bits per heavy atom. The first-order valence-corrected chi connectivity index (χ1v) is 10.7. The van der Waals surface area contributed by atoms with Crippen LogP contribution in [0.4, 0.5) is 13.6 Å². The molecule has 2 aromatic rings. The molecule has 0 aromatic heterocycles. The second kappa shape index (κ2) is 9.38. The Bertz CT molecular complexity index is 1060. The van der Waals surface area contributed by atoms with Gasteiger partial charge in [0.15, 0.2) is 6.04 Å². The highest BCUT2D eigenvalue weighted by atomic mass is 19.3. The van der Waals surface area contributed by atoms with Gasteiger partial charge >= 0.3 is 12.1 Å². The number of nitrogens with one attached hydrogen (secondary N) is 2. The van der Waals surface area contributed by atoms with E-state index in [1.54, 1.807) is 0 Å². The average Bonchev–Trinajstić information content (AvgIpc) is 3.22. The van der Waals surface area contributed by atoms with E-state index >= 15 is 0 Å². The summed E-state index contributed by atoms with van der Waals surface area (Å²) in [5.41, 5.74) is 4.16. The van der Waals surface area contributed by atoms with Crippen molar-refractivity contribution in [1.29, 1.82) is 0 Å². The summed E-state index contributed by atoms with van der Waals surface area (Å²) < 4.78 is 38.3. The van der Waals surface area contributed by atoms with Crippen LogP contribution in [0.5, 0.6) is 0 Å². The number of carboxylic acid groups (broad SMARTS) is 1. The first-order valence-electron chi connectivity index (χ1n) is 10.7. The number of benzene rings is 2. The molecule has 0 bridgehead atoms. The number of carbonyl (C=O) groups is 3. The third-order valence-corrected chi connectivity index (χ3v) is 6.24. The van der Waals surface area contributed by atoms with Crippen molar-refractivity contribution in [2.75, 3.05) is 26.9 Å². The molecule has 2 aromatic carbocycles. The van der Waals surface area contributed by atoms with Crippen molar-refractivity contribution in [2.45, 2.75) is 17.9 Å². The number of carboxylic acids is 1.